The van der Waals surface area contributed by atoms with E-state index in [1.165, 1.54) is 9.47 Å². The number of hydrogen-bond donors (Lipinski definition) is 1. The molecule has 0 radical (unpaired) electrons. The Kier molecular flexibility index (Phi) is 4.04. The van der Waals surface area contributed by atoms with Crippen molar-refractivity contribution in [1.29, 1.82) is 0 Å². The van der Waals surface area contributed by atoms with E-state index in [0.717, 1.165) is 43.6 Å². The molecule has 0 unspecified atom stereocenters. The second kappa shape index (κ2) is 6.00. The molecule has 0 saturated carbocycles. The van der Waals surface area contributed by atoms with Gasteiger partial charge in [0.15, 0.2) is 0 Å². The van der Waals surface area contributed by atoms with Crippen molar-refractivity contribution in [2.45, 2.75) is 6.92 Å². The molecule has 1 aromatic heterocycles. The lowest BCUT2D eigenvalue weighted by Gasteiger charge is -2.33. The van der Waals surface area contributed by atoms with Gasteiger partial charge < -0.3 is 14.4 Å². The highest BCUT2D eigenvalue weighted by Gasteiger charge is 2.31. The summed E-state index contributed by atoms with van der Waals surface area (Å²) in [5, 5.41) is 12.3. The van der Waals surface area contributed by atoms with Crippen molar-refractivity contribution in [3.63, 3.8) is 0 Å². The Labute approximate surface area is 133 Å². The number of hydrogen-bond acceptors (Lipinski definition) is 4. The lowest BCUT2D eigenvalue weighted by Crippen LogP contribution is -3.14. The molecular weight excluding hydrogens is 296 g/mol. The van der Waals surface area contributed by atoms with Gasteiger partial charge in [0.2, 0.25) is 0 Å². The highest BCUT2D eigenvalue weighted by Crippen LogP contribution is 2.33. The van der Waals surface area contributed by atoms with Crippen molar-refractivity contribution in [1.82, 2.24) is 4.57 Å². The predicted octanol–water partition coefficient (Wildman–Crippen LogP) is 0.172. The molecule has 0 amide bonds. The number of anilines is 1. The first kappa shape index (κ1) is 15.5. The van der Waals surface area contributed by atoms with E-state index in [-0.39, 0.29) is 5.69 Å². The maximum absolute atomic E-state index is 12.5. The van der Waals surface area contributed by atoms with Crippen LogP contribution < -0.4 is 15.4 Å². The Hall–Kier alpha value is -2.41. The van der Waals surface area contributed by atoms with Gasteiger partial charge in [-0.25, -0.2) is 0 Å². The Morgan fingerprint density at radius 2 is 1.91 bits per heavy atom. The monoisotopic (exact) mass is 317 g/mol. The number of likely N-dealkylation sites (N-methyl/N-ethyl adjacent to an activating group) is 1. The number of para-hydroxylation sites is 1. The molecule has 1 aliphatic heterocycles. The van der Waals surface area contributed by atoms with E-state index in [1.807, 2.05) is 29.2 Å². The van der Waals surface area contributed by atoms with E-state index in [0.29, 0.717) is 5.69 Å². The number of nitro groups is 1. The smallest absolute Gasteiger partial charge is 0.354 e. The first-order valence-corrected chi connectivity index (χ1v) is 7.89. The van der Waals surface area contributed by atoms with Gasteiger partial charge in [0.05, 0.1) is 43.2 Å². The Morgan fingerprint density at radius 1 is 1.26 bits per heavy atom. The van der Waals surface area contributed by atoms with Gasteiger partial charge in [-0.1, -0.05) is 18.2 Å². The number of aryl methyl sites for hydroxylation is 1. The average Bonchev–Trinajstić information content (AvgIpc) is 2.57. The van der Waals surface area contributed by atoms with Gasteiger partial charge in [-0.05, 0) is 13.0 Å². The molecule has 0 spiro atoms. The zero-order valence-corrected chi connectivity index (χ0v) is 13.4. The van der Waals surface area contributed by atoms with Crippen molar-refractivity contribution in [3.8, 4) is 0 Å². The van der Waals surface area contributed by atoms with Crippen molar-refractivity contribution >= 4 is 22.3 Å². The molecule has 2 heterocycles. The summed E-state index contributed by atoms with van der Waals surface area (Å²) in [7, 11) is 1.58. The number of nitrogens with zero attached hydrogens (tertiary/aromatic N) is 3. The minimum atomic E-state index is -0.547. The number of rotatable bonds is 3. The third-order valence-corrected chi connectivity index (χ3v) is 4.72. The van der Waals surface area contributed by atoms with E-state index in [9.17, 15) is 14.9 Å². The van der Waals surface area contributed by atoms with Crippen LogP contribution in [0.5, 0.6) is 0 Å². The lowest BCUT2D eigenvalue weighted by molar-refractivity contribution is -0.898. The first-order valence-electron chi connectivity index (χ1n) is 7.89. The third-order valence-electron chi connectivity index (χ3n) is 4.72. The van der Waals surface area contributed by atoms with Crippen LogP contribution >= 0.6 is 0 Å². The second-order valence-electron chi connectivity index (χ2n) is 5.93. The molecule has 0 bridgehead atoms. The maximum Gasteiger partial charge on any atom is 0.357 e. The van der Waals surface area contributed by atoms with Crippen LogP contribution in [0.4, 0.5) is 11.4 Å². The van der Waals surface area contributed by atoms with Crippen molar-refractivity contribution in [2.24, 2.45) is 7.05 Å². The normalized spacial score (nSPS) is 16.0. The number of quaternary nitrogens is 1. The van der Waals surface area contributed by atoms with Crippen LogP contribution in [0.3, 0.4) is 0 Å². The molecule has 1 aromatic carbocycles. The number of aromatic nitrogens is 1. The maximum atomic E-state index is 12.5. The minimum absolute atomic E-state index is 0.314. The van der Waals surface area contributed by atoms with Crippen molar-refractivity contribution < 1.29 is 9.82 Å². The van der Waals surface area contributed by atoms with Gasteiger partial charge in [0.1, 0.15) is 5.69 Å². The highest BCUT2D eigenvalue weighted by molar-refractivity contribution is 5.96. The van der Waals surface area contributed by atoms with Crippen LogP contribution in [0.15, 0.2) is 29.1 Å². The molecule has 0 aliphatic carbocycles. The summed E-state index contributed by atoms with van der Waals surface area (Å²) >= 11 is 0. The number of fused-ring (bicyclic) bond motifs is 1. The summed E-state index contributed by atoms with van der Waals surface area (Å²) in [5.74, 6) is 0. The molecule has 7 heteroatoms. The first-order chi connectivity index (χ1) is 11.0. The topological polar surface area (TPSA) is 72.8 Å². The minimum Gasteiger partial charge on any atom is -0.354 e. The molecule has 1 aliphatic rings. The van der Waals surface area contributed by atoms with Crippen LogP contribution in [-0.2, 0) is 7.05 Å². The van der Waals surface area contributed by atoms with Crippen LogP contribution in [-0.4, -0.2) is 42.2 Å². The molecule has 122 valence electrons. The van der Waals surface area contributed by atoms with Gasteiger partial charge in [-0.15, -0.1) is 0 Å². The second-order valence-corrected chi connectivity index (χ2v) is 5.93. The largest absolute Gasteiger partial charge is 0.357 e. The number of pyridine rings is 1. The summed E-state index contributed by atoms with van der Waals surface area (Å²) in [6.07, 6.45) is 0. The van der Waals surface area contributed by atoms with Crippen LogP contribution in [0.25, 0.3) is 10.9 Å². The fourth-order valence-electron chi connectivity index (χ4n) is 3.35. The van der Waals surface area contributed by atoms with Crippen LogP contribution in [0.1, 0.15) is 6.92 Å². The van der Waals surface area contributed by atoms with Gasteiger partial charge >= 0.3 is 11.2 Å². The summed E-state index contributed by atoms with van der Waals surface area (Å²) < 4.78 is 1.37. The zero-order chi connectivity index (χ0) is 16.6. The molecule has 3 rings (SSSR count). The Bertz CT molecular complexity index is 807. The zero-order valence-electron chi connectivity index (χ0n) is 13.4. The third kappa shape index (κ3) is 2.57. The summed E-state index contributed by atoms with van der Waals surface area (Å²) in [6.45, 7) is 6.49. The van der Waals surface area contributed by atoms with Gasteiger partial charge in [-0.2, -0.15) is 0 Å². The SMILES string of the molecule is CC[NH+]1CCN(c2c([N+](=O)[O-])c(=O)n(C)c3ccccc23)CC1. The van der Waals surface area contributed by atoms with Gasteiger partial charge in [0.25, 0.3) is 0 Å². The molecule has 1 N–H and O–H groups in total. The highest BCUT2D eigenvalue weighted by atomic mass is 16.6. The quantitative estimate of drug-likeness (QED) is 0.647. The predicted molar refractivity (Wildman–Crippen MR) is 89.3 cm³/mol. The van der Waals surface area contributed by atoms with E-state index in [2.05, 4.69) is 6.92 Å². The van der Waals surface area contributed by atoms with Gasteiger partial charge in [0, 0.05) is 12.4 Å². The van der Waals surface area contributed by atoms with E-state index < -0.39 is 10.5 Å². The van der Waals surface area contributed by atoms with Crippen molar-refractivity contribution in [2.75, 3.05) is 37.6 Å². The molecule has 23 heavy (non-hydrogen) atoms. The Morgan fingerprint density at radius 3 is 2.52 bits per heavy atom. The Balaban J connectivity index is 2.22. The van der Waals surface area contributed by atoms with E-state index in [4.69, 9.17) is 0 Å². The standard InChI is InChI=1S/C16H20N4O3/c1-3-18-8-10-19(11-9-18)14-12-6-4-5-7-13(12)17(2)16(21)15(14)20(22)23/h4-7H,3,8-11H2,1-2H3/p+1. The van der Waals surface area contributed by atoms with Gasteiger partial charge in [-0.3, -0.25) is 14.9 Å². The lowest BCUT2D eigenvalue weighted by atomic mass is 10.1. The summed E-state index contributed by atoms with van der Waals surface area (Å²) in [5.41, 5.74) is 0.340. The molecule has 1 saturated heterocycles. The molecular formula is C16H21N4O3+. The van der Waals surface area contributed by atoms with E-state index >= 15 is 0 Å². The summed E-state index contributed by atoms with van der Waals surface area (Å²) in [4.78, 5) is 27.0. The van der Waals surface area contributed by atoms with E-state index in [1.54, 1.807) is 7.05 Å². The fraction of sp³-hybridized carbons (Fsp3) is 0.438. The van der Waals surface area contributed by atoms with Crippen molar-refractivity contribution in [3.05, 3.63) is 44.7 Å². The molecule has 2 aromatic rings. The number of nitrogens with one attached hydrogen (secondary N) is 1. The van der Waals surface area contributed by atoms with Crippen LogP contribution in [0, 0.1) is 10.1 Å². The van der Waals surface area contributed by atoms with Crippen LogP contribution in [0.2, 0.25) is 0 Å². The molecule has 7 nitrogen and oxygen atoms in total. The summed E-state index contributed by atoms with van der Waals surface area (Å²) in [6, 6.07) is 7.39. The number of benzene rings is 1. The molecule has 1 fully saturated rings. The molecule has 0 atom stereocenters. The number of piperazine rings is 1. The average molecular weight is 317 g/mol. The fourth-order valence-corrected chi connectivity index (χ4v) is 3.35.